The average molecular weight is 224 g/mol. The van der Waals surface area contributed by atoms with Gasteiger partial charge in [-0.1, -0.05) is 25.4 Å². The maximum absolute atomic E-state index is 9.73. The van der Waals surface area contributed by atoms with Gasteiger partial charge in [0.15, 0.2) is 5.82 Å². The van der Waals surface area contributed by atoms with Gasteiger partial charge in [0.25, 0.3) is 0 Å². The van der Waals surface area contributed by atoms with E-state index in [0.29, 0.717) is 17.7 Å². The van der Waals surface area contributed by atoms with Gasteiger partial charge >= 0.3 is 0 Å². The molecule has 90 valence electrons. The minimum atomic E-state index is -0.449. The summed E-state index contributed by atoms with van der Waals surface area (Å²) in [5.74, 6) is 2.15. The third-order valence-electron chi connectivity index (χ3n) is 3.45. The van der Waals surface area contributed by atoms with Gasteiger partial charge in [0, 0.05) is 5.92 Å². The monoisotopic (exact) mass is 224 g/mol. The first-order valence-electron chi connectivity index (χ1n) is 6.11. The van der Waals surface area contributed by atoms with Crippen molar-refractivity contribution in [1.82, 2.24) is 10.1 Å². The Bertz CT molecular complexity index is 335. The highest BCUT2D eigenvalue weighted by molar-refractivity contribution is 5.04. The fourth-order valence-corrected chi connectivity index (χ4v) is 2.26. The minimum absolute atomic E-state index is 0.0543. The smallest absolute Gasteiger partial charge is 0.232 e. The zero-order valence-corrected chi connectivity index (χ0v) is 10.2. The Morgan fingerprint density at radius 1 is 1.31 bits per heavy atom. The van der Waals surface area contributed by atoms with Crippen LogP contribution in [0.4, 0.5) is 0 Å². The Morgan fingerprint density at radius 2 is 2.00 bits per heavy atom. The van der Waals surface area contributed by atoms with Crippen LogP contribution in [0.25, 0.3) is 0 Å². The Hall–Kier alpha value is -0.900. The fourth-order valence-electron chi connectivity index (χ4n) is 2.26. The molecule has 1 aliphatic rings. The zero-order valence-electron chi connectivity index (χ0n) is 10.2. The maximum Gasteiger partial charge on any atom is 0.232 e. The van der Waals surface area contributed by atoms with Gasteiger partial charge in [0.2, 0.25) is 5.89 Å². The van der Waals surface area contributed by atoms with E-state index in [0.717, 1.165) is 5.82 Å². The van der Waals surface area contributed by atoms with Crippen LogP contribution in [-0.2, 0) is 0 Å². The molecule has 1 aliphatic carbocycles. The Balaban J connectivity index is 2.15. The van der Waals surface area contributed by atoms with Crippen molar-refractivity contribution in [3.8, 4) is 0 Å². The average Bonchev–Trinajstić information content (AvgIpc) is 2.48. The number of aliphatic hydroxyl groups excluding tert-OH is 1. The predicted octanol–water partition coefficient (Wildman–Crippen LogP) is 2.46. The second kappa shape index (κ2) is 4.53. The molecule has 0 spiro atoms. The van der Waals surface area contributed by atoms with E-state index in [1.807, 2.05) is 0 Å². The summed E-state index contributed by atoms with van der Waals surface area (Å²) in [6.45, 7) is 5.90. The molecule has 1 saturated carbocycles. The molecule has 1 aromatic heterocycles. The minimum Gasteiger partial charge on any atom is -0.393 e. The van der Waals surface area contributed by atoms with E-state index in [4.69, 9.17) is 4.52 Å². The summed E-state index contributed by atoms with van der Waals surface area (Å²) >= 11 is 0. The summed E-state index contributed by atoms with van der Waals surface area (Å²) in [5.41, 5.74) is 0. The molecular weight excluding hydrogens is 204 g/mol. The Morgan fingerprint density at radius 3 is 2.44 bits per heavy atom. The van der Waals surface area contributed by atoms with Crippen LogP contribution in [0.5, 0.6) is 0 Å². The highest BCUT2D eigenvalue weighted by Crippen LogP contribution is 2.36. The number of nitrogens with zero attached hydrogens (tertiary/aromatic N) is 2. The van der Waals surface area contributed by atoms with Crippen molar-refractivity contribution in [3.05, 3.63) is 11.7 Å². The first-order valence-corrected chi connectivity index (χ1v) is 6.11. The maximum atomic E-state index is 9.73. The first kappa shape index (κ1) is 11.6. The van der Waals surface area contributed by atoms with Crippen molar-refractivity contribution in [1.29, 1.82) is 0 Å². The van der Waals surface area contributed by atoms with E-state index in [1.165, 1.54) is 19.3 Å². The summed E-state index contributed by atoms with van der Waals surface area (Å²) in [7, 11) is 0. The van der Waals surface area contributed by atoms with Crippen molar-refractivity contribution in [2.24, 2.45) is 5.92 Å². The third-order valence-corrected chi connectivity index (χ3v) is 3.45. The van der Waals surface area contributed by atoms with Crippen molar-refractivity contribution in [3.63, 3.8) is 0 Å². The van der Waals surface area contributed by atoms with Gasteiger partial charge in [-0.15, -0.1) is 0 Å². The van der Waals surface area contributed by atoms with Gasteiger partial charge in [-0.3, -0.25) is 0 Å². The number of hydrogen-bond donors (Lipinski definition) is 1. The molecule has 0 bridgehead atoms. The van der Waals surface area contributed by atoms with Crippen LogP contribution < -0.4 is 0 Å². The van der Waals surface area contributed by atoms with E-state index < -0.39 is 6.10 Å². The molecular formula is C12H20N2O2. The van der Waals surface area contributed by atoms with E-state index in [2.05, 4.69) is 24.0 Å². The molecule has 2 unspecified atom stereocenters. The highest BCUT2D eigenvalue weighted by atomic mass is 16.5. The molecule has 0 aromatic carbocycles. The molecule has 2 rings (SSSR count). The lowest BCUT2D eigenvalue weighted by Gasteiger charge is -2.21. The normalized spacial score (nSPS) is 20.8. The van der Waals surface area contributed by atoms with Gasteiger partial charge < -0.3 is 9.63 Å². The second-order valence-corrected chi connectivity index (χ2v) is 5.13. The molecule has 16 heavy (non-hydrogen) atoms. The second-order valence-electron chi connectivity index (χ2n) is 5.13. The van der Waals surface area contributed by atoms with E-state index in [1.54, 1.807) is 6.92 Å². The van der Waals surface area contributed by atoms with Crippen LogP contribution in [-0.4, -0.2) is 21.4 Å². The molecule has 0 saturated heterocycles. The molecule has 1 fully saturated rings. The standard InChI is InChI=1S/C12H20N2O2/c1-7(2)10(8(3)15)12-13-11(14-16-12)9-5-4-6-9/h7-10,15H,4-6H2,1-3H3. The van der Waals surface area contributed by atoms with Crippen LogP contribution in [0.15, 0.2) is 4.52 Å². The SMILES string of the molecule is CC(C)C(c1nc(C2CCC2)no1)C(C)O. The molecule has 1 heterocycles. The summed E-state index contributed by atoms with van der Waals surface area (Å²) in [6.07, 6.45) is 3.15. The van der Waals surface area contributed by atoms with E-state index in [-0.39, 0.29) is 5.92 Å². The zero-order chi connectivity index (χ0) is 11.7. The number of aromatic nitrogens is 2. The van der Waals surface area contributed by atoms with Gasteiger partial charge in [-0.25, -0.2) is 0 Å². The topological polar surface area (TPSA) is 59.2 Å². The van der Waals surface area contributed by atoms with Crippen LogP contribution in [0.2, 0.25) is 0 Å². The van der Waals surface area contributed by atoms with E-state index in [9.17, 15) is 5.11 Å². The number of aliphatic hydroxyl groups is 1. The third kappa shape index (κ3) is 2.12. The fraction of sp³-hybridized carbons (Fsp3) is 0.833. The lowest BCUT2D eigenvalue weighted by molar-refractivity contribution is 0.120. The number of rotatable bonds is 4. The van der Waals surface area contributed by atoms with E-state index >= 15 is 0 Å². The van der Waals surface area contributed by atoms with Crippen LogP contribution in [0.3, 0.4) is 0 Å². The summed E-state index contributed by atoms with van der Waals surface area (Å²) in [6, 6.07) is 0. The molecule has 0 amide bonds. The van der Waals surface area contributed by atoms with Gasteiger partial charge in [-0.2, -0.15) is 4.98 Å². The summed E-state index contributed by atoms with van der Waals surface area (Å²) in [4.78, 5) is 4.44. The lowest BCUT2D eigenvalue weighted by atomic mass is 9.85. The summed E-state index contributed by atoms with van der Waals surface area (Å²) in [5, 5.41) is 13.8. The quantitative estimate of drug-likeness (QED) is 0.853. The molecule has 4 heteroatoms. The molecule has 0 radical (unpaired) electrons. The highest BCUT2D eigenvalue weighted by Gasteiger charge is 2.30. The van der Waals surface area contributed by atoms with Crippen molar-refractivity contribution >= 4 is 0 Å². The van der Waals surface area contributed by atoms with Crippen molar-refractivity contribution < 1.29 is 9.63 Å². The van der Waals surface area contributed by atoms with Gasteiger partial charge in [0.1, 0.15) is 0 Å². The largest absolute Gasteiger partial charge is 0.393 e. The Kier molecular flexibility index (Phi) is 3.28. The summed E-state index contributed by atoms with van der Waals surface area (Å²) < 4.78 is 5.29. The van der Waals surface area contributed by atoms with Crippen molar-refractivity contribution in [2.75, 3.05) is 0 Å². The van der Waals surface area contributed by atoms with Crippen LogP contribution >= 0.6 is 0 Å². The lowest BCUT2D eigenvalue weighted by Crippen LogP contribution is -2.20. The molecule has 1 N–H and O–H groups in total. The van der Waals surface area contributed by atoms with Crippen LogP contribution in [0.1, 0.15) is 63.6 Å². The van der Waals surface area contributed by atoms with Gasteiger partial charge in [0.05, 0.1) is 12.0 Å². The number of hydrogen-bond acceptors (Lipinski definition) is 4. The molecule has 0 aliphatic heterocycles. The molecule has 4 nitrogen and oxygen atoms in total. The van der Waals surface area contributed by atoms with Crippen LogP contribution in [0, 0.1) is 5.92 Å². The predicted molar refractivity (Wildman–Crippen MR) is 60.1 cm³/mol. The van der Waals surface area contributed by atoms with Crippen molar-refractivity contribution in [2.45, 2.75) is 58.0 Å². The Labute approximate surface area is 96.1 Å². The first-order chi connectivity index (χ1) is 7.59. The molecule has 1 aromatic rings. The van der Waals surface area contributed by atoms with Gasteiger partial charge in [-0.05, 0) is 25.7 Å². The molecule has 2 atom stereocenters.